The zero-order valence-corrected chi connectivity index (χ0v) is 12.2. The number of aromatic nitrogens is 1. The first-order valence-corrected chi connectivity index (χ1v) is 7.43. The predicted octanol–water partition coefficient (Wildman–Crippen LogP) is 2.20. The number of pyridine rings is 1. The van der Waals surface area contributed by atoms with Crippen molar-refractivity contribution in [2.45, 2.75) is 25.5 Å². The Balaban J connectivity index is 1.54. The lowest BCUT2D eigenvalue weighted by Gasteiger charge is -2.12. The van der Waals surface area contributed by atoms with E-state index in [-0.39, 0.29) is 12.0 Å². The Kier molecular flexibility index (Phi) is 4.70. The highest BCUT2D eigenvalue weighted by atomic mass is 16.5. The van der Waals surface area contributed by atoms with E-state index in [0.29, 0.717) is 18.0 Å². The second-order valence-electron chi connectivity index (χ2n) is 5.21. The first kappa shape index (κ1) is 14.6. The van der Waals surface area contributed by atoms with Crippen molar-refractivity contribution >= 4 is 11.6 Å². The number of carbonyl (C=O) groups is 1. The van der Waals surface area contributed by atoms with E-state index in [1.807, 2.05) is 12.1 Å². The van der Waals surface area contributed by atoms with Crippen LogP contribution in [0.5, 0.6) is 0 Å². The number of anilines is 1. The van der Waals surface area contributed by atoms with Crippen LogP contribution < -0.4 is 10.6 Å². The van der Waals surface area contributed by atoms with Crippen molar-refractivity contribution in [3.63, 3.8) is 0 Å². The number of nitrogens with one attached hydrogen (secondary N) is 2. The van der Waals surface area contributed by atoms with E-state index in [1.165, 1.54) is 0 Å². The molecule has 2 aromatic rings. The third-order valence-corrected chi connectivity index (χ3v) is 3.55. The van der Waals surface area contributed by atoms with Crippen molar-refractivity contribution in [2.24, 2.45) is 0 Å². The molecule has 2 aromatic heterocycles. The van der Waals surface area contributed by atoms with Crippen LogP contribution in [-0.2, 0) is 11.3 Å². The standard InChI is InChI=1S/C16H19N3O3/c20-16(19-11-14-4-2-8-22-14)15-9-12(5-6-17-15)18-10-13-3-1-7-21-13/h2,4-6,8-9,13H,1,3,7,10-11H2,(H,17,18)(H,19,20). The summed E-state index contributed by atoms with van der Waals surface area (Å²) in [7, 11) is 0. The quantitative estimate of drug-likeness (QED) is 0.855. The van der Waals surface area contributed by atoms with E-state index in [4.69, 9.17) is 9.15 Å². The summed E-state index contributed by atoms with van der Waals surface area (Å²) in [5.41, 5.74) is 1.25. The number of amides is 1. The molecule has 0 aliphatic carbocycles. The summed E-state index contributed by atoms with van der Waals surface area (Å²) in [5.74, 6) is 0.484. The van der Waals surface area contributed by atoms with E-state index in [1.54, 1.807) is 24.6 Å². The first-order chi connectivity index (χ1) is 10.8. The van der Waals surface area contributed by atoms with Crippen LogP contribution >= 0.6 is 0 Å². The molecule has 6 heteroatoms. The lowest BCUT2D eigenvalue weighted by molar-refractivity contribution is 0.0943. The summed E-state index contributed by atoms with van der Waals surface area (Å²) >= 11 is 0. The molecule has 1 fully saturated rings. The molecule has 116 valence electrons. The first-order valence-electron chi connectivity index (χ1n) is 7.43. The molecule has 3 rings (SSSR count). The number of nitrogens with zero attached hydrogens (tertiary/aromatic N) is 1. The number of carbonyl (C=O) groups excluding carboxylic acids is 1. The van der Waals surface area contributed by atoms with E-state index in [0.717, 1.165) is 31.7 Å². The molecule has 6 nitrogen and oxygen atoms in total. The lowest BCUT2D eigenvalue weighted by atomic mass is 10.2. The van der Waals surface area contributed by atoms with Gasteiger partial charge in [-0.25, -0.2) is 0 Å². The van der Waals surface area contributed by atoms with Crippen LogP contribution in [0.25, 0.3) is 0 Å². The summed E-state index contributed by atoms with van der Waals surface area (Å²) in [6.07, 6.45) is 5.65. The summed E-state index contributed by atoms with van der Waals surface area (Å²) in [6, 6.07) is 7.19. The fourth-order valence-corrected chi connectivity index (χ4v) is 2.37. The molecule has 1 amide bonds. The minimum absolute atomic E-state index is 0.225. The zero-order chi connectivity index (χ0) is 15.2. The molecule has 0 aromatic carbocycles. The lowest BCUT2D eigenvalue weighted by Crippen LogP contribution is -2.24. The van der Waals surface area contributed by atoms with Gasteiger partial charge in [0, 0.05) is 25.0 Å². The number of rotatable bonds is 6. The van der Waals surface area contributed by atoms with Crippen LogP contribution in [-0.4, -0.2) is 30.1 Å². The highest BCUT2D eigenvalue weighted by molar-refractivity contribution is 5.93. The van der Waals surface area contributed by atoms with Crippen molar-refractivity contribution in [3.05, 3.63) is 48.2 Å². The normalized spacial score (nSPS) is 17.4. The molecule has 22 heavy (non-hydrogen) atoms. The van der Waals surface area contributed by atoms with Crippen molar-refractivity contribution in [1.29, 1.82) is 0 Å². The number of ether oxygens (including phenoxy) is 1. The van der Waals surface area contributed by atoms with E-state index in [9.17, 15) is 4.79 Å². The smallest absolute Gasteiger partial charge is 0.270 e. The Morgan fingerprint density at radius 3 is 3.14 bits per heavy atom. The number of hydrogen-bond acceptors (Lipinski definition) is 5. The van der Waals surface area contributed by atoms with Gasteiger partial charge in [-0.05, 0) is 37.1 Å². The van der Waals surface area contributed by atoms with Crippen LogP contribution in [0, 0.1) is 0 Å². The topological polar surface area (TPSA) is 76.4 Å². The van der Waals surface area contributed by atoms with Crippen molar-refractivity contribution in [3.8, 4) is 0 Å². The van der Waals surface area contributed by atoms with Crippen LogP contribution in [0.3, 0.4) is 0 Å². The van der Waals surface area contributed by atoms with Gasteiger partial charge < -0.3 is 19.8 Å². The van der Waals surface area contributed by atoms with E-state index >= 15 is 0 Å². The van der Waals surface area contributed by atoms with Gasteiger partial charge in [0.15, 0.2) is 0 Å². The van der Waals surface area contributed by atoms with Crippen LogP contribution in [0.1, 0.15) is 29.1 Å². The minimum atomic E-state index is -0.225. The largest absolute Gasteiger partial charge is 0.467 e. The van der Waals surface area contributed by atoms with Gasteiger partial charge in [0.25, 0.3) is 5.91 Å². The molecule has 1 saturated heterocycles. The van der Waals surface area contributed by atoms with Gasteiger partial charge in [-0.3, -0.25) is 9.78 Å². The monoisotopic (exact) mass is 301 g/mol. The Bertz CT molecular complexity index is 607. The Morgan fingerprint density at radius 2 is 2.36 bits per heavy atom. The average Bonchev–Trinajstić information content (AvgIpc) is 3.24. The average molecular weight is 301 g/mol. The third-order valence-electron chi connectivity index (χ3n) is 3.55. The predicted molar refractivity (Wildman–Crippen MR) is 81.6 cm³/mol. The van der Waals surface area contributed by atoms with Crippen LogP contribution in [0.15, 0.2) is 41.1 Å². The highest BCUT2D eigenvalue weighted by Gasteiger charge is 2.15. The SMILES string of the molecule is O=C(NCc1ccco1)c1cc(NCC2CCCO2)ccn1. The molecule has 1 aliphatic rings. The van der Waals surface area contributed by atoms with Gasteiger partial charge in [-0.1, -0.05) is 0 Å². The maximum Gasteiger partial charge on any atom is 0.270 e. The van der Waals surface area contributed by atoms with Crippen LogP contribution in [0.4, 0.5) is 5.69 Å². The Hall–Kier alpha value is -2.34. The molecule has 0 saturated carbocycles. The minimum Gasteiger partial charge on any atom is -0.467 e. The fraction of sp³-hybridized carbons (Fsp3) is 0.375. The van der Waals surface area contributed by atoms with Crippen molar-refractivity contribution < 1.29 is 13.9 Å². The molecule has 1 unspecified atom stereocenters. The van der Waals surface area contributed by atoms with Gasteiger partial charge in [0.05, 0.1) is 18.9 Å². The molecule has 0 bridgehead atoms. The third kappa shape index (κ3) is 3.85. The second-order valence-corrected chi connectivity index (χ2v) is 5.21. The summed E-state index contributed by atoms with van der Waals surface area (Å²) < 4.78 is 10.7. The fourth-order valence-electron chi connectivity index (χ4n) is 2.37. The van der Waals surface area contributed by atoms with Gasteiger partial charge >= 0.3 is 0 Å². The van der Waals surface area contributed by atoms with Gasteiger partial charge in [0.2, 0.25) is 0 Å². The second kappa shape index (κ2) is 7.09. The Labute approximate surface area is 128 Å². The molecule has 1 aliphatic heterocycles. The van der Waals surface area contributed by atoms with Gasteiger partial charge in [-0.2, -0.15) is 0 Å². The zero-order valence-electron chi connectivity index (χ0n) is 12.2. The number of furan rings is 1. The molecular formula is C16H19N3O3. The molecular weight excluding hydrogens is 282 g/mol. The summed E-state index contributed by atoms with van der Waals surface area (Å²) in [4.78, 5) is 16.2. The van der Waals surface area contributed by atoms with Crippen LogP contribution in [0.2, 0.25) is 0 Å². The maximum absolute atomic E-state index is 12.1. The highest BCUT2D eigenvalue weighted by Crippen LogP contribution is 2.14. The summed E-state index contributed by atoms with van der Waals surface area (Å²) in [5, 5.41) is 6.07. The molecule has 3 heterocycles. The molecule has 0 radical (unpaired) electrons. The van der Waals surface area contributed by atoms with E-state index < -0.39 is 0 Å². The van der Waals surface area contributed by atoms with E-state index in [2.05, 4.69) is 15.6 Å². The molecule has 2 N–H and O–H groups in total. The van der Waals surface area contributed by atoms with Gasteiger partial charge in [0.1, 0.15) is 11.5 Å². The Morgan fingerprint density at radius 1 is 1.41 bits per heavy atom. The molecule has 1 atom stereocenters. The molecule has 0 spiro atoms. The number of hydrogen-bond donors (Lipinski definition) is 2. The maximum atomic E-state index is 12.1. The van der Waals surface area contributed by atoms with Crippen molar-refractivity contribution in [1.82, 2.24) is 10.3 Å². The summed E-state index contributed by atoms with van der Waals surface area (Å²) in [6.45, 7) is 1.93. The van der Waals surface area contributed by atoms with Gasteiger partial charge in [-0.15, -0.1) is 0 Å². The van der Waals surface area contributed by atoms with Crippen molar-refractivity contribution in [2.75, 3.05) is 18.5 Å².